The van der Waals surface area contributed by atoms with E-state index in [2.05, 4.69) is 27.2 Å². The molecule has 0 aromatic carbocycles. The van der Waals surface area contributed by atoms with E-state index >= 15 is 0 Å². The summed E-state index contributed by atoms with van der Waals surface area (Å²) in [4.78, 5) is 12.5. The zero-order chi connectivity index (χ0) is 13.7. The SMILES string of the molecule is CCCNc1cc(-c2ccncc2F)nc(CC)n1. The van der Waals surface area contributed by atoms with Crippen LogP contribution < -0.4 is 5.32 Å². The molecule has 0 aliphatic rings. The standard InChI is InChI=1S/C14H17FN4/c1-3-6-17-14-8-12(18-13(4-2)19-14)10-5-7-16-9-11(10)15/h5,7-9H,3-4,6H2,1-2H3,(H,17,18,19). The monoisotopic (exact) mass is 260 g/mol. The van der Waals surface area contributed by atoms with Crippen LogP contribution in [0, 0.1) is 5.82 Å². The van der Waals surface area contributed by atoms with Gasteiger partial charge in [-0.1, -0.05) is 13.8 Å². The molecule has 1 N–H and O–H groups in total. The fourth-order valence-corrected chi connectivity index (χ4v) is 1.72. The maximum Gasteiger partial charge on any atom is 0.150 e. The van der Waals surface area contributed by atoms with E-state index < -0.39 is 0 Å². The van der Waals surface area contributed by atoms with Crippen molar-refractivity contribution in [1.82, 2.24) is 15.0 Å². The summed E-state index contributed by atoms with van der Waals surface area (Å²) < 4.78 is 13.8. The van der Waals surface area contributed by atoms with Crippen LogP contribution >= 0.6 is 0 Å². The van der Waals surface area contributed by atoms with Gasteiger partial charge in [-0.15, -0.1) is 0 Å². The lowest BCUT2D eigenvalue weighted by atomic mass is 10.1. The Morgan fingerprint density at radius 1 is 1.26 bits per heavy atom. The molecule has 0 atom stereocenters. The van der Waals surface area contributed by atoms with Gasteiger partial charge >= 0.3 is 0 Å². The number of pyridine rings is 1. The molecule has 0 radical (unpaired) electrons. The highest BCUT2D eigenvalue weighted by Crippen LogP contribution is 2.22. The summed E-state index contributed by atoms with van der Waals surface area (Å²) in [5.74, 6) is 1.07. The van der Waals surface area contributed by atoms with E-state index in [1.807, 2.05) is 6.92 Å². The van der Waals surface area contributed by atoms with Crippen molar-refractivity contribution in [3.63, 3.8) is 0 Å². The first-order chi connectivity index (χ1) is 9.24. The summed E-state index contributed by atoms with van der Waals surface area (Å²) >= 11 is 0. The Labute approximate surface area is 112 Å². The van der Waals surface area contributed by atoms with Crippen LogP contribution in [0.2, 0.25) is 0 Å². The number of nitrogens with one attached hydrogen (secondary N) is 1. The molecule has 0 aliphatic heterocycles. The summed E-state index contributed by atoms with van der Waals surface area (Å²) in [6.45, 7) is 4.89. The predicted molar refractivity (Wildman–Crippen MR) is 73.4 cm³/mol. The van der Waals surface area contributed by atoms with Crippen molar-refractivity contribution in [3.8, 4) is 11.3 Å². The Morgan fingerprint density at radius 3 is 2.79 bits per heavy atom. The third kappa shape index (κ3) is 3.24. The van der Waals surface area contributed by atoms with Crippen LogP contribution in [0.1, 0.15) is 26.1 Å². The Balaban J connectivity index is 2.42. The minimum atomic E-state index is -0.371. The molecule has 2 aromatic heterocycles. The molecule has 0 fully saturated rings. The second-order valence-corrected chi connectivity index (χ2v) is 4.19. The Hall–Kier alpha value is -2.04. The third-order valence-corrected chi connectivity index (χ3v) is 2.69. The summed E-state index contributed by atoms with van der Waals surface area (Å²) in [5.41, 5.74) is 1.04. The van der Waals surface area contributed by atoms with Crippen LogP contribution in [-0.2, 0) is 6.42 Å². The number of aryl methyl sites for hydroxylation is 1. The lowest BCUT2D eigenvalue weighted by Crippen LogP contribution is -2.06. The highest BCUT2D eigenvalue weighted by atomic mass is 19.1. The van der Waals surface area contributed by atoms with Gasteiger partial charge in [0.1, 0.15) is 11.6 Å². The number of nitrogens with zero attached hydrogens (tertiary/aromatic N) is 3. The third-order valence-electron chi connectivity index (χ3n) is 2.69. The van der Waals surface area contributed by atoms with E-state index in [0.29, 0.717) is 23.5 Å². The van der Waals surface area contributed by atoms with Gasteiger partial charge in [-0.05, 0) is 12.5 Å². The van der Waals surface area contributed by atoms with Crippen molar-refractivity contribution in [2.75, 3.05) is 11.9 Å². The highest BCUT2D eigenvalue weighted by Gasteiger charge is 2.09. The van der Waals surface area contributed by atoms with Gasteiger partial charge in [0.2, 0.25) is 0 Å². The molecule has 4 nitrogen and oxygen atoms in total. The predicted octanol–water partition coefficient (Wildman–Crippen LogP) is 3.06. The molecule has 5 heteroatoms. The van der Waals surface area contributed by atoms with Gasteiger partial charge in [-0.25, -0.2) is 14.4 Å². The fraction of sp³-hybridized carbons (Fsp3) is 0.357. The normalized spacial score (nSPS) is 10.5. The molecule has 2 heterocycles. The summed E-state index contributed by atoms with van der Waals surface area (Å²) in [6.07, 6.45) is 4.47. The Morgan fingerprint density at radius 2 is 2.11 bits per heavy atom. The number of hydrogen-bond donors (Lipinski definition) is 1. The Kier molecular flexibility index (Phi) is 4.39. The average molecular weight is 260 g/mol. The zero-order valence-electron chi connectivity index (χ0n) is 11.2. The second kappa shape index (κ2) is 6.22. The smallest absolute Gasteiger partial charge is 0.150 e. The van der Waals surface area contributed by atoms with Crippen molar-refractivity contribution in [2.45, 2.75) is 26.7 Å². The number of hydrogen-bond acceptors (Lipinski definition) is 4. The van der Waals surface area contributed by atoms with Gasteiger partial charge in [-0.3, -0.25) is 4.98 Å². The van der Waals surface area contributed by atoms with Crippen LogP contribution in [0.3, 0.4) is 0 Å². The Bertz CT molecular complexity index is 557. The number of halogens is 1. The topological polar surface area (TPSA) is 50.7 Å². The van der Waals surface area contributed by atoms with Crippen LogP contribution in [0.15, 0.2) is 24.5 Å². The van der Waals surface area contributed by atoms with Crippen LogP contribution in [0.4, 0.5) is 10.2 Å². The molecule has 0 bridgehead atoms. The molecule has 0 aliphatic carbocycles. The van der Waals surface area contributed by atoms with E-state index in [0.717, 1.165) is 18.8 Å². The summed E-state index contributed by atoms with van der Waals surface area (Å²) in [5, 5.41) is 3.21. The van der Waals surface area contributed by atoms with Gasteiger partial charge < -0.3 is 5.32 Å². The minimum absolute atomic E-state index is 0.371. The van der Waals surface area contributed by atoms with Crippen LogP contribution in [0.25, 0.3) is 11.3 Å². The second-order valence-electron chi connectivity index (χ2n) is 4.19. The summed E-state index contributed by atoms with van der Waals surface area (Å²) in [6, 6.07) is 3.40. The lowest BCUT2D eigenvalue weighted by molar-refractivity contribution is 0.624. The molecule has 2 rings (SSSR count). The maximum atomic E-state index is 13.8. The first-order valence-electron chi connectivity index (χ1n) is 6.46. The van der Waals surface area contributed by atoms with Gasteiger partial charge in [-0.2, -0.15) is 0 Å². The van der Waals surface area contributed by atoms with E-state index in [-0.39, 0.29) is 5.82 Å². The van der Waals surface area contributed by atoms with Crippen molar-refractivity contribution in [2.24, 2.45) is 0 Å². The van der Waals surface area contributed by atoms with Crippen molar-refractivity contribution in [3.05, 3.63) is 36.2 Å². The molecule has 0 spiro atoms. The minimum Gasteiger partial charge on any atom is -0.370 e. The van der Waals surface area contributed by atoms with E-state index in [9.17, 15) is 4.39 Å². The molecule has 0 saturated carbocycles. The first kappa shape index (κ1) is 13.4. The van der Waals surface area contributed by atoms with Gasteiger partial charge in [0.25, 0.3) is 0 Å². The van der Waals surface area contributed by atoms with E-state index in [1.165, 1.54) is 6.20 Å². The molecule has 19 heavy (non-hydrogen) atoms. The maximum absolute atomic E-state index is 13.8. The number of anilines is 1. The lowest BCUT2D eigenvalue weighted by Gasteiger charge is -2.09. The molecular weight excluding hydrogens is 243 g/mol. The molecule has 0 amide bonds. The van der Waals surface area contributed by atoms with E-state index in [1.54, 1.807) is 18.3 Å². The zero-order valence-corrected chi connectivity index (χ0v) is 11.2. The van der Waals surface area contributed by atoms with Crippen molar-refractivity contribution in [1.29, 1.82) is 0 Å². The fourth-order valence-electron chi connectivity index (χ4n) is 1.72. The first-order valence-corrected chi connectivity index (χ1v) is 6.46. The molecule has 0 saturated heterocycles. The van der Waals surface area contributed by atoms with Gasteiger partial charge in [0.05, 0.1) is 11.9 Å². The summed E-state index contributed by atoms with van der Waals surface area (Å²) in [7, 11) is 0. The quantitative estimate of drug-likeness (QED) is 0.897. The van der Waals surface area contributed by atoms with Crippen molar-refractivity contribution < 1.29 is 4.39 Å². The molecule has 100 valence electrons. The van der Waals surface area contributed by atoms with Crippen LogP contribution in [-0.4, -0.2) is 21.5 Å². The van der Waals surface area contributed by atoms with Crippen molar-refractivity contribution >= 4 is 5.82 Å². The highest BCUT2D eigenvalue weighted by molar-refractivity contribution is 5.62. The average Bonchev–Trinajstić information content (AvgIpc) is 2.45. The van der Waals surface area contributed by atoms with Gasteiger partial charge in [0.15, 0.2) is 5.82 Å². The molecular formula is C14H17FN4. The number of rotatable bonds is 5. The van der Waals surface area contributed by atoms with E-state index in [4.69, 9.17) is 0 Å². The molecule has 0 unspecified atom stereocenters. The molecule has 2 aromatic rings. The number of aromatic nitrogens is 3. The van der Waals surface area contributed by atoms with Crippen LogP contribution in [0.5, 0.6) is 0 Å². The largest absolute Gasteiger partial charge is 0.370 e. The van der Waals surface area contributed by atoms with Gasteiger partial charge in [0, 0.05) is 30.8 Å².